The number of benzene rings is 1. The summed E-state index contributed by atoms with van der Waals surface area (Å²) in [5.41, 5.74) is 0.529. The predicted molar refractivity (Wildman–Crippen MR) is 74.9 cm³/mol. The molecule has 3 rings (SSSR count). The highest BCUT2D eigenvalue weighted by atomic mass is 16.5. The van der Waals surface area contributed by atoms with Gasteiger partial charge in [-0.1, -0.05) is 31.0 Å². The van der Waals surface area contributed by atoms with E-state index in [9.17, 15) is 5.11 Å². The largest absolute Gasteiger partial charge is 0.385 e. The van der Waals surface area contributed by atoms with Crippen LogP contribution in [0.25, 0.3) is 10.8 Å². The number of hydrogen-bond donors (Lipinski definition) is 1. The number of aliphatic hydroxyl groups excluding tert-OH is 1. The highest BCUT2D eigenvalue weighted by molar-refractivity contribution is 5.85. The summed E-state index contributed by atoms with van der Waals surface area (Å²) in [6.07, 6.45) is 7.12. The summed E-state index contributed by atoms with van der Waals surface area (Å²) in [5.74, 6) is 0. The molecule has 0 saturated heterocycles. The van der Waals surface area contributed by atoms with Crippen LogP contribution in [0.4, 0.5) is 0 Å². The lowest BCUT2D eigenvalue weighted by Crippen LogP contribution is -2.35. The zero-order valence-electron chi connectivity index (χ0n) is 11.2. The molecule has 2 aromatic rings. The molecule has 1 fully saturated rings. The zero-order valence-corrected chi connectivity index (χ0v) is 11.2. The number of hydrogen-bond acceptors (Lipinski definition) is 3. The Hall–Kier alpha value is -1.45. The number of rotatable bonds is 3. The quantitative estimate of drug-likeness (QED) is 0.918. The summed E-state index contributed by atoms with van der Waals surface area (Å²) in [4.78, 5) is 4.14. The van der Waals surface area contributed by atoms with Gasteiger partial charge in [-0.25, -0.2) is 0 Å². The van der Waals surface area contributed by atoms with Crippen LogP contribution < -0.4 is 0 Å². The van der Waals surface area contributed by atoms with E-state index < -0.39 is 11.7 Å². The molecule has 0 bridgehead atoms. The second-order valence-electron chi connectivity index (χ2n) is 5.32. The van der Waals surface area contributed by atoms with Crippen LogP contribution in [0.2, 0.25) is 0 Å². The van der Waals surface area contributed by atoms with Crippen molar-refractivity contribution in [3.8, 4) is 0 Å². The van der Waals surface area contributed by atoms with E-state index in [4.69, 9.17) is 4.74 Å². The lowest BCUT2D eigenvalue weighted by atomic mass is 9.87. The van der Waals surface area contributed by atoms with E-state index in [1.54, 1.807) is 13.3 Å². The van der Waals surface area contributed by atoms with Gasteiger partial charge in [0.1, 0.15) is 6.10 Å². The van der Waals surface area contributed by atoms with Crippen LogP contribution in [0.3, 0.4) is 0 Å². The van der Waals surface area contributed by atoms with Gasteiger partial charge in [0.05, 0.1) is 5.60 Å². The molecule has 1 aromatic carbocycles. The van der Waals surface area contributed by atoms with E-state index in [1.165, 1.54) is 0 Å². The van der Waals surface area contributed by atoms with Gasteiger partial charge in [0.2, 0.25) is 0 Å². The Kier molecular flexibility index (Phi) is 3.25. The topological polar surface area (TPSA) is 42.4 Å². The number of pyridine rings is 1. The monoisotopic (exact) mass is 257 g/mol. The minimum atomic E-state index is -0.578. The summed E-state index contributed by atoms with van der Waals surface area (Å²) < 4.78 is 5.70. The first-order valence-electron chi connectivity index (χ1n) is 6.83. The van der Waals surface area contributed by atoms with Crippen molar-refractivity contribution in [1.82, 2.24) is 4.98 Å². The van der Waals surface area contributed by atoms with Gasteiger partial charge in [-0.3, -0.25) is 4.98 Å². The normalized spacial score (nSPS) is 19.7. The van der Waals surface area contributed by atoms with Gasteiger partial charge in [-0.2, -0.15) is 0 Å². The molecule has 1 heterocycles. The van der Waals surface area contributed by atoms with Gasteiger partial charge in [-0.05, 0) is 29.9 Å². The smallest absolute Gasteiger partial charge is 0.109 e. The number of aliphatic hydroxyl groups is 1. The van der Waals surface area contributed by atoms with Gasteiger partial charge in [-0.15, -0.1) is 0 Å². The number of aromatic nitrogens is 1. The van der Waals surface area contributed by atoms with Crippen LogP contribution >= 0.6 is 0 Å². The van der Waals surface area contributed by atoms with Crippen molar-refractivity contribution in [2.75, 3.05) is 7.11 Å². The van der Waals surface area contributed by atoms with Crippen molar-refractivity contribution in [3.63, 3.8) is 0 Å². The van der Waals surface area contributed by atoms with Crippen molar-refractivity contribution in [1.29, 1.82) is 0 Å². The minimum absolute atomic E-state index is 0.419. The number of fused-ring (bicyclic) bond motifs is 1. The highest BCUT2D eigenvalue weighted by Gasteiger charge is 2.42. The summed E-state index contributed by atoms with van der Waals surface area (Å²) in [5, 5.41) is 12.9. The third kappa shape index (κ3) is 2.03. The second kappa shape index (κ2) is 4.91. The van der Waals surface area contributed by atoms with Gasteiger partial charge >= 0.3 is 0 Å². The first-order valence-corrected chi connectivity index (χ1v) is 6.83. The lowest BCUT2D eigenvalue weighted by molar-refractivity contribution is -0.0995. The van der Waals surface area contributed by atoms with Crippen molar-refractivity contribution in [3.05, 3.63) is 42.2 Å². The molecule has 3 heteroatoms. The fraction of sp³-hybridized carbons (Fsp3) is 0.438. The van der Waals surface area contributed by atoms with Crippen molar-refractivity contribution >= 4 is 10.8 Å². The van der Waals surface area contributed by atoms with E-state index in [1.807, 2.05) is 30.5 Å². The summed E-state index contributed by atoms with van der Waals surface area (Å²) in [6, 6.07) is 7.95. The van der Waals surface area contributed by atoms with E-state index in [0.717, 1.165) is 42.0 Å². The SMILES string of the molecule is COC1(C(O)c2cccc3cnccc23)CCCC1. The van der Waals surface area contributed by atoms with Crippen LogP contribution in [0, 0.1) is 0 Å². The molecule has 1 aliphatic rings. The maximum atomic E-state index is 10.8. The molecule has 1 aromatic heterocycles. The molecule has 0 radical (unpaired) electrons. The molecule has 1 aliphatic carbocycles. The summed E-state index contributed by atoms with van der Waals surface area (Å²) in [7, 11) is 1.71. The summed E-state index contributed by atoms with van der Waals surface area (Å²) >= 11 is 0. The maximum Gasteiger partial charge on any atom is 0.109 e. The minimum Gasteiger partial charge on any atom is -0.385 e. The fourth-order valence-corrected chi connectivity index (χ4v) is 3.23. The lowest BCUT2D eigenvalue weighted by Gasteiger charge is -2.33. The van der Waals surface area contributed by atoms with Gasteiger partial charge in [0.15, 0.2) is 0 Å². The van der Waals surface area contributed by atoms with Gasteiger partial charge in [0, 0.05) is 24.9 Å². The van der Waals surface area contributed by atoms with E-state index >= 15 is 0 Å². The molecule has 3 nitrogen and oxygen atoms in total. The standard InChI is InChI=1S/C16H19NO2/c1-19-16(8-2-3-9-16)15(18)14-6-4-5-12-11-17-10-7-13(12)14/h4-7,10-11,15,18H,2-3,8-9H2,1H3. The Labute approximate surface area is 113 Å². The third-order valence-corrected chi connectivity index (χ3v) is 4.36. The van der Waals surface area contributed by atoms with Crippen LogP contribution in [0.15, 0.2) is 36.7 Å². The molecule has 19 heavy (non-hydrogen) atoms. The zero-order chi connectivity index (χ0) is 13.3. The van der Waals surface area contributed by atoms with Crippen LogP contribution in [-0.4, -0.2) is 22.8 Å². The van der Waals surface area contributed by atoms with Crippen LogP contribution in [-0.2, 0) is 4.74 Å². The fourth-order valence-electron chi connectivity index (χ4n) is 3.23. The molecule has 100 valence electrons. The van der Waals surface area contributed by atoms with Crippen LogP contribution in [0.1, 0.15) is 37.4 Å². The number of methoxy groups -OCH3 is 1. The van der Waals surface area contributed by atoms with Crippen molar-refractivity contribution in [2.45, 2.75) is 37.4 Å². The van der Waals surface area contributed by atoms with E-state index in [-0.39, 0.29) is 0 Å². The maximum absolute atomic E-state index is 10.8. The predicted octanol–water partition coefficient (Wildman–Crippen LogP) is 3.23. The van der Waals surface area contributed by atoms with Crippen molar-refractivity contribution < 1.29 is 9.84 Å². The Morgan fingerprint density at radius 3 is 2.79 bits per heavy atom. The molecule has 0 amide bonds. The third-order valence-electron chi connectivity index (χ3n) is 4.36. The Balaban J connectivity index is 2.08. The van der Waals surface area contributed by atoms with Gasteiger partial charge < -0.3 is 9.84 Å². The van der Waals surface area contributed by atoms with Gasteiger partial charge in [0.25, 0.3) is 0 Å². The molecule has 1 atom stereocenters. The highest BCUT2D eigenvalue weighted by Crippen LogP contribution is 2.43. The Bertz CT molecular complexity index is 570. The van der Waals surface area contributed by atoms with E-state index in [0.29, 0.717) is 0 Å². The number of nitrogens with zero attached hydrogens (tertiary/aromatic N) is 1. The molecule has 1 saturated carbocycles. The van der Waals surface area contributed by atoms with Crippen molar-refractivity contribution in [2.24, 2.45) is 0 Å². The summed E-state index contributed by atoms with van der Waals surface area (Å²) in [6.45, 7) is 0. The Morgan fingerprint density at radius 1 is 1.26 bits per heavy atom. The second-order valence-corrected chi connectivity index (χ2v) is 5.32. The molecule has 1 N–H and O–H groups in total. The number of ether oxygens (including phenoxy) is 1. The first kappa shape index (κ1) is 12.6. The van der Waals surface area contributed by atoms with E-state index in [2.05, 4.69) is 4.98 Å². The van der Waals surface area contributed by atoms with Crippen LogP contribution in [0.5, 0.6) is 0 Å². The molecule has 1 unspecified atom stereocenters. The molecule has 0 spiro atoms. The molecular weight excluding hydrogens is 238 g/mol. The first-order chi connectivity index (χ1) is 9.27. The average molecular weight is 257 g/mol. The molecule has 0 aliphatic heterocycles. The average Bonchev–Trinajstić information content (AvgIpc) is 2.96. The Morgan fingerprint density at radius 2 is 2.05 bits per heavy atom. The molecular formula is C16H19NO2.